The van der Waals surface area contributed by atoms with Crippen LogP contribution in [0.15, 0.2) is 24.3 Å². The Morgan fingerprint density at radius 3 is 1.31 bits per heavy atom. The Balaban J connectivity index is 1.75. The number of hydrogen-bond acceptors (Lipinski definition) is 13. The number of aliphatic hydroxyl groups is 8. The summed E-state index contributed by atoms with van der Waals surface area (Å²) in [4.78, 5) is 13.2. The minimum atomic E-state index is -1.79. The van der Waals surface area contributed by atoms with Crippen LogP contribution in [0.3, 0.4) is 0 Å². The second kappa shape index (κ2) is 47.3. The molecule has 2 saturated heterocycles. The molecule has 0 saturated carbocycles. The SMILES string of the molecule is CCCCCCCCCCCCCCCCCCCCC/C=C/CC/C=C/C(O)C(COC1OC(CO)C(OC2OC(CO)C(O)C(O)C2O)C(O)C1O)NC(=O)CCCCCCCCCCCCCCCCCC. The Morgan fingerprint density at radius 1 is 0.467 bits per heavy atom. The number of aliphatic hydroxyl groups excluding tert-OH is 8. The summed E-state index contributed by atoms with van der Waals surface area (Å²) in [5.41, 5.74) is 0. The molecule has 14 nitrogen and oxygen atoms in total. The van der Waals surface area contributed by atoms with Gasteiger partial charge in [0.05, 0.1) is 32.0 Å². The molecule has 0 aromatic heterocycles. The monoisotopic (exact) mass is 1070 g/mol. The van der Waals surface area contributed by atoms with Crippen LogP contribution in [-0.4, -0.2) is 140 Å². The Hall–Kier alpha value is -1.53. The largest absolute Gasteiger partial charge is 0.394 e. The molecule has 2 fully saturated rings. The van der Waals surface area contributed by atoms with Crippen LogP contribution in [0.4, 0.5) is 0 Å². The van der Waals surface area contributed by atoms with Crippen molar-refractivity contribution in [3.05, 3.63) is 24.3 Å². The van der Waals surface area contributed by atoms with Gasteiger partial charge in [-0.25, -0.2) is 0 Å². The Kier molecular flexibility index (Phi) is 43.9. The fourth-order valence-corrected chi connectivity index (χ4v) is 10.4. The summed E-state index contributed by atoms with van der Waals surface area (Å²) in [7, 11) is 0. The zero-order valence-corrected chi connectivity index (χ0v) is 47.6. The zero-order chi connectivity index (χ0) is 54.6. The van der Waals surface area contributed by atoms with Gasteiger partial charge in [-0.05, 0) is 32.1 Å². The third-order valence-corrected chi connectivity index (χ3v) is 15.4. The highest BCUT2D eigenvalue weighted by Gasteiger charge is 2.51. The van der Waals surface area contributed by atoms with Crippen molar-refractivity contribution in [3.63, 3.8) is 0 Å². The molecule has 2 heterocycles. The standard InChI is InChI=1S/C61H115NO13/c1-3-5-7-9-11-13-15-17-19-21-22-23-24-25-26-27-28-29-30-32-34-36-38-40-42-44-50(65)49(62-53(66)45-43-41-39-37-35-33-31-20-18-16-14-12-10-8-6-4-2)48-72-60-58(71)56(69)59(52(47-64)74-60)75-61-57(70)55(68)54(67)51(46-63)73-61/h34,36,42,44,49-52,54-61,63-65,67-71H,3-33,35,37-41,43,45-48H2,1-2H3,(H,62,66)/b36-34+,44-42+. The third kappa shape index (κ3) is 33.0. The highest BCUT2D eigenvalue weighted by Crippen LogP contribution is 2.30. The first-order valence-corrected chi connectivity index (χ1v) is 31.1. The molecule has 75 heavy (non-hydrogen) atoms. The quantitative estimate of drug-likeness (QED) is 0.0204. The van der Waals surface area contributed by atoms with Gasteiger partial charge in [0.2, 0.25) is 5.91 Å². The summed E-state index contributed by atoms with van der Waals surface area (Å²) < 4.78 is 22.8. The summed E-state index contributed by atoms with van der Waals surface area (Å²) in [5, 5.41) is 87.1. The number of carbonyl (C=O) groups excluding carboxylic acids is 1. The lowest BCUT2D eigenvalue weighted by Crippen LogP contribution is -2.65. The number of amides is 1. The van der Waals surface area contributed by atoms with E-state index in [1.165, 1.54) is 199 Å². The van der Waals surface area contributed by atoms with Gasteiger partial charge in [0, 0.05) is 6.42 Å². The van der Waals surface area contributed by atoms with E-state index >= 15 is 0 Å². The van der Waals surface area contributed by atoms with Gasteiger partial charge in [0.1, 0.15) is 48.8 Å². The highest BCUT2D eigenvalue weighted by molar-refractivity contribution is 5.76. The maximum atomic E-state index is 13.2. The first kappa shape index (κ1) is 69.6. The number of rotatable bonds is 50. The van der Waals surface area contributed by atoms with Crippen molar-refractivity contribution in [1.82, 2.24) is 5.32 Å². The highest BCUT2D eigenvalue weighted by atomic mass is 16.7. The number of nitrogens with one attached hydrogen (secondary N) is 1. The lowest BCUT2D eigenvalue weighted by molar-refractivity contribution is -0.359. The van der Waals surface area contributed by atoms with Crippen molar-refractivity contribution >= 4 is 5.91 Å². The molecule has 2 aliphatic heterocycles. The molecule has 2 rings (SSSR count). The first-order chi connectivity index (χ1) is 36.6. The van der Waals surface area contributed by atoms with Gasteiger partial charge in [-0.1, -0.05) is 250 Å². The van der Waals surface area contributed by atoms with Crippen LogP contribution in [0.1, 0.15) is 264 Å². The van der Waals surface area contributed by atoms with Crippen LogP contribution >= 0.6 is 0 Å². The normalized spacial score (nSPS) is 25.1. The predicted octanol–water partition coefficient (Wildman–Crippen LogP) is 10.8. The van der Waals surface area contributed by atoms with Gasteiger partial charge >= 0.3 is 0 Å². The molecule has 0 spiro atoms. The van der Waals surface area contributed by atoms with Crippen molar-refractivity contribution in [2.45, 2.75) is 338 Å². The second-order valence-corrected chi connectivity index (χ2v) is 22.2. The van der Waals surface area contributed by atoms with Crippen LogP contribution in [0, 0.1) is 0 Å². The van der Waals surface area contributed by atoms with E-state index in [2.05, 4.69) is 31.3 Å². The Morgan fingerprint density at radius 2 is 0.853 bits per heavy atom. The average molecular weight is 1070 g/mol. The molecule has 12 atom stereocenters. The molecule has 442 valence electrons. The molecule has 9 N–H and O–H groups in total. The van der Waals surface area contributed by atoms with E-state index in [0.29, 0.717) is 12.8 Å². The molecule has 0 bridgehead atoms. The summed E-state index contributed by atoms with van der Waals surface area (Å²) in [5.74, 6) is -0.245. The van der Waals surface area contributed by atoms with Crippen LogP contribution in [0.5, 0.6) is 0 Å². The number of ether oxygens (including phenoxy) is 4. The Bertz CT molecular complexity index is 1350. The Labute approximate surface area is 456 Å². The smallest absolute Gasteiger partial charge is 0.220 e. The van der Waals surface area contributed by atoms with Gasteiger partial charge in [-0.2, -0.15) is 0 Å². The minimum absolute atomic E-state index is 0.245. The van der Waals surface area contributed by atoms with E-state index in [4.69, 9.17) is 18.9 Å². The minimum Gasteiger partial charge on any atom is -0.394 e. The van der Waals surface area contributed by atoms with E-state index in [1.54, 1.807) is 6.08 Å². The van der Waals surface area contributed by atoms with Crippen molar-refractivity contribution < 1.29 is 64.6 Å². The molecule has 0 radical (unpaired) electrons. The van der Waals surface area contributed by atoms with Gasteiger partial charge in [0.25, 0.3) is 0 Å². The zero-order valence-electron chi connectivity index (χ0n) is 47.6. The maximum Gasteiger partial charge on any atom is 0.220 e. The predicted molar refractivity (Wildman–Crippen MR) is 300 cm³/mol. The summed E-state index contributed by atoms with van der Waals surface area (Å²) in [6, 6.07) is -0.927. The molecule has 12 unspecified atom stereocenters. The van der Waals surface area contributed by atoms with Gasteiger partial charge in [-0.15, -0.1) is 0 Å². The lowest BCUT2D eigenvalue weighted by Gasteiger charge is -2.46. The van der Waals surface area contributed by atoms with Crippen molar-refractivity contribution in [1.29, 1.82) is 0 Å². The van der Waals surface area contributed by atoms with Crippen LogP contribution in [0.2, 0.25) is 0 Å². The third-order valence-electron chi connectivity index (χ3n) is 15.4. The fraction of sp³-hybridized carbons (Fsp3) is 0.918. The van der Waals surface area contributed by atoms with E-state index in [9.17, 15) is 45.6 Å². The molecular formula is C61H115NO13. The van der Waals surface area contributed by atoms with E-state index in [0.717, 1.165) is 32.1 Å². The molecule has 14 heteroatoms. The lowest BCUT2D eigenvalue weighted by atomic mass is 9.97. The van der Waals surface area contributed by atoms with Crippen LogP contribution in [0.25, 0.3) is 0 Å². The second-order valence-electron chi connectivity index (χ2n) is 22.2. The van der Waals surface area contributed by atoms with Gasteiger partial charge in [-0.3, -0.25) is 4.79 Å². The fourth-order valence-electron chi connectivity index (χ4n) is 10.4. The van der Waals surface area contributed by atoms with E-state index < -0.39 is 86.8 Å². The number of allylic oxidation sites excluding steroid dienone is 3. The number of carbonyl (C=O) groups is 1. The number of unbranched alkanes of at least 4 members (excludes halogenated alkanes) is 35. The summed E-state index contributed by atoms with van der Waals surface area (Å²) in [6.07, 6.45) is 39.4. The van der Waals surface area contributed by atoms with Crippen molar-refractivity contribution in [3.8, 4) is 0 Å². The van der Waals surface area contributed by atoms with Crippen molar-refractivity contribution in [2.24, 2.45) is 0 Å². The molecule has 0 aromatic rings. The van der Waals surface area contributed by atoms with E-state index in [-0.39, 0.29) is 18.9 Å². The topological polar surface area (TPSA) is 228 Å². The maximum absolute atomic E-state index is 13.2. The van der Waals surface area contributed by atoms with E-state index in [1.807, 2.05) is 6.08 Å². The molecule has 0 aliphatic carbocycles. The summed E-state index contributed by atoms with van der Waals surface area (Å²) >= 11 is 0. The van der Waals surface area contributed by atoms with Gasteiger partial charge < -0.3 is 65.1 Å². The molecular weight excluding hydrogens is 955 g/mol. The average Bonchev–Trinajstić information content (AvgIpc) is 3.41. The molecule has 0 aromatic carbocycles. The van der Waals surface area contributed by atoms with Crippen LogP contribution in [-0.2, 0) is 23.7 Å². The molecule has 1 amide bonds. The molecule has 2 aliphatic rings. The van der Waals surface area contributed by atoms with Crippen LogP contribution < -0.4 is 5.32 Å². The number of hydrogen-bond donors (Lipinski definition) is 9. The van der Waals surface area contributed by atoms with Gasteiger partial charge in [0.15, 0.2) is 12.6 Å². The summed E-state index contributed by atoms with van der Waals surface area (Å²) in [6.45, 7) is 2.81. The van der Waals surface area contributed by atoms with Crippen molar-refractivity contribution in [2.75, 3.05) is 19.8 Å². The first-order valence-electron chi connectivity index (χ1n) is 31.1.